The summed E-state index contributed by atoms with van der Waals surface area (Å²) >= 11 is 1.42. The summed E-state index contributed by atoms with van der Waals surface area (Å²) in [5.74, 6) is 0. The van der Waals surface area contributed by atoms with E-state index in [0.29, 0.717) is 24.9 Å². The van der Waals surface area contributed by atoms with Crippen LogP contribution in [0, 0.1) is 0 Å². The second kappa shape index (κ2) is 11.5. The van der Waals surface area contributed by atoms with Gasteiger partial charge in [-0.25, -0.2) is 0 Å². The Morgan fingerprint density at radius 1 is 1.36 bits per heavy atom. The first-order valence-electron chi connectivity index (χ1n) is 4.31. The molecule has 0 saturated heterocycles. The van der Waals surface area contributed by atoms with Gasteiger partial charge < -0.3 is 15.2 Å². The van der Waals surface area contributed by atoms with Gasteiger partial charge in [-0.2, -0.15) is 0 Å². The van der Waals surface area contributed by atoms with E-state index in [0.717, 1.165) is 0 Å². The van der Waals surface area contributed by atoms with Gasteiger partial charge in [-0.1, -0.05) is 11.8 Å². The van der Waals surface area contributed by atoms with Crippen LogP contribution in [0.3, 0.4) is 0 Å². The highest BCUT2D eigenvalue weighted by molar-refractivity contribution is 14.0. The van der Waals surface area contributed by atoms with Crippen molar-refractivity contribution in [3.8, 4) is 0 Å². The lowest BCUT2D eigenvalue weighted by atomic mass is 10.6. The van der Waals surface area contributed by atoms with E-state index in [9.17, 15) is 0 Å². The number of nitrogens with two attached hydrogens (primary N) is 1. The number of thioether (sulfide) groups is 1. The molecule has 0 aliphatic carbocycles. The van der Waals surface area contributed by atoms with Gasteiger partial charge in [0.25, 0.3) is 0 Å². The number of hydrogen-bond acceptors (Lipinski definition) is 4. The zero-order chi connectivity index (χ0) is 10.1. The Balaban J connectivity index is 0. The third-order valence-electron chi connectivity index (χ3n) is 1.31. The minimum atomic E-state index is -0.263. The number of nitrogens with zero attached hydrogens (tertiary/aromatic N) is 1. The van der Waals surface area contributed by atoms with Crippen molar-refractivity contribution in [1.82, 2.24) is 0 Å². The van der Waals surface area contributed by atoms with Crippen LogP contribution in [0.4, 0.5) is 0 Å². The van der Waals surface area contributed by atoms with Gasteiger partial charge in [-0.3, -0.25) is 4.99 Å². The van der Waals surface area contributed by atoms with Crippen molar-refractivity contribution in [2.45, 2.75) is 20.1 Å². The Hall–Kier alpha value is 0.470. The number of hydrogen-bond donors (Lipinski definition) is 1. The van der Waals surface area contributed by atoms with Crippen molar-refractivity contribution in [1.29, 1.82) is 0 Å². The van der Waals surface area contributed by atoms with Crippen LogP contribution < -0.4 is 5.73 Å². The van der Waals surface area contributed by atoms with Crippen LogP contribution in [0.25, 0.3) is 0 Å². The van der Waals surface area contributed by atoms with E-state index < -0.39 is 0 Å². The Kier molecular flexibility index (Phi) is 13.9. The zero-order valence-corrected chi connectivity index (χ0v) is 12.0. The first kappa shape index (κ1) is 16.9. The fourth-order valence-electron chi connectivity index (χ4n) is 0.754. The van der Waals surface area contributed by atoms with E-state index in [1.54, 1.807) is 0 Å². The molecule has 0 aliphatic rings. The number of halogens is 1. The van der Waals surface area contributed by atoms with Crippen LogP contribution in [0.5, 0.6) is 0 Å². The van der Waals surface area contributed by atoms with Crippen LogP contribution >= 0.6 is 35.7 Å². The maximum atomic E-state index is 5.52. The van der Waals surface area contributed by atoms with Gasteiger partial charge in [0, 0.05) is 13.2 Å². The van der Waals surface area contributed by atoms with Crippen molar-refractivity contribution < 1.29 is 9.47 Å². The van der Waals surface area contributed by atoms with E-state index in [1.165, 1.54) is 11.8 Å². The van der Waals surface area contributed by atoms with Crippen molar-refractivity contribution in [3.05, 3.63) is 0 Å². The molecule has 0 aromatic carbocycles. The average Bonchev–Trinajstić information content (AvgIpc) is 2.14. The summed E-state index contributed by atoms with van der Waals surface area (Å²) in [4.78, 5) is 4.09. The largest absolute Gasteiger partial charge is 0.379 e. The fraction of sp³-hybridized carbons (Fsp3) is 0.875. The summed E-state index contributed by atoms with van der Waals surface area (Å²) < 4.78 is 10.6. The molecule has 4 nitrogen and oxygen atoms in total. The first-order chi connectivity index (χ1) is 6.24. The average molecular weight is 334 g/mol. The second-order valence-electron chi connectivity index (χ2n) is 2.22. The third-order valence-corrected chi connectivity index (χ3v) is 1.86. The molecule has 2 N–H and O–H groups in total. The van der Waals surface area contributed by atoms with Crippen molar-refractivity contribution in [3.63, 3.8) is 0 Å². The Morgan fingerprint density at radius 3 is 2.21 bits per heavy atom. The van der Waals surface area contributed by atoms with E-state index >= 15 is 0 Å². The summed E-state index contributed by atoms with van der Waals surface area (Å²) in [5, 5.41) is 0.560. The molecule has 0 saturated carbocycles. The topological polar surface area (TPSA) is 56.8 Å². The fourth-order valence-corrected chi connectivity index (χ4v) is 0.958. The molecule has 0 unspecified atom stereocenters. The highest BCUT2D eigenvalue weighted by Crippen LogP contribution is 1.98. The lowest BCUT2D eigenvalue weighted by Gasteiger charge is -2.14. The minimum absolute atomic E-state index is 0. The summed E-state index contributed by atoms with van der Waals surface area (Å²) in [5.41, 5.74) is 5.52. The molecule has 0 aromatic rings. The molecule has 0 rings (SSSR count). The zero-order valence-electron chi connectivity index (χ0n) is 8.86. The summed E-state index contributed by atoms with van der Waals surface area (Å²) in [6, 6.07) is 0. The Bertz CT molecular complexity index is 152. The lowest BCUT2D eigenvalue weighted by molar-refractivity contribution is -0.128. The molecule has 0 heterocycles. The normalized spacial score (nSPS) is 11.6. The molecule has 0 spiro atoms. The van der Waals surface area contributed by atoms with Crippen molar-refractivity contribution in [2.24, 2.45) is 10.7 Å². The maximum absolute atomic E-state index is 5.52. The van der Waals surface area contributed by atoms with Crippen LogP contribution in [-0.2, 0) is 9.47 Å². The molecule has 0 bridgehead atoms. The standard InChI is InChI=1S/C8H18N2O2S.HI/c1-4-11-7(12-5-2)6-10-8(9)13-3;/h7H,4-6H2,1-3H3,(H2,9,10);1H. The van der Waals surface area contributed by atoms with Gasteiger partial charge in [-0.15, -0.1) is 24.0 Å². The van der Waals surface area contributed by atoms with E-state index in [2.05, 4.69) is 4.99 Å². The van der Waals surface area contributed by atoms with Crippen LogP contribution in [0.15, 0.2) is 4.99 Å². The van der Waals surface area contributed by atoms with Gasteiger partial charge in [-0.05, 0) is 20.1 Å². The molecule has 0 aromatic heterocycles. The first-order valence-corrected chi connectivity index (χ1v) is 5.54. The van der Waals surface area contributed by atoms with E-state index in [4.69, 9.17) is 15.2 Å². The smallest absolute Gasteiger partial charge is 0.176 e. The van der Waals surface area contributed by atoms with Crippen LogP contribution in [0.1, 0.15) is 13.8 Å². The quantitative estimate of drug-likeness (QED) is 0.348. The summed E-state index contributed by atoms with van der Waals surface area (Å²) in [6.45, 7) is 5.56. The van der Waals surface area contributed by atoms with Gasteiger partial charge in [0.05, 0.1) is 6.54 Å². The highest BCUT2D eigenvalue weighted by Gasteiger charge is 2.05. The molecule has 0 amide bonds. The monoisotopic (exact) mass is 334 g/mol. The van der Waals surface area contributed by atoms with E-state index in [1.807, 2.05) is 20.1 Å². The second-order valence-corrected chi connectivity index (χ2v) is 3.05. The third kappa shape index (κ3) is 9.04. The summed E-state index contributed by atoms with van der Waals surface area (Å²) in [6.07, 6.45) is 1.62. The number of rotatable bonds is 6. The number of aliphatic imine (C=N–C) groups is 1. The molecule has 6 heteroatoms. The molecule has 0 aliphatic heterocycles. The van der Waals surface area contributed by atoms with Crippen molar-refractivity contribution in [2.75, 3.05) is 26.0 Å². The lowest BCUT2D eigenvalue weighted by Crippen LogP contribution is -2.22. The molecule has 14 heavy (non-hydrogen) atoms. The van der Waals surface area contributed by atoms with Gasteiger partial charge in [0.1, 0.15) is 0 Å². The predicted octanol–water partition coefficient (Wildman–Crippen LogP) is 1.68. The Labute approximate surface area is 107 Å². The predicted molar refractivity (Wildman–Crippen MR) is 72.5 cm³/mol. The highest BCUT2D eigenvalue weighted by atomic mass is 127. The minimum Gasteiger partial charge on any atom is -0.379 e. The number of amidine groups is 1. The molecule has 0 radical (unpaired) electrons. The molecular formula is C8H19IN2O2S. The summed E-state index contributed by atoms with van der Waals surface area (Å²) in [7, 11) is 0. The van der Waals surface area contributed by atoms with Crippen molar-refractivity contribution >= 4 is 40.9 Å². The van der Waals surface area contributed by atoms with E-state index in [-0.39, 0.29) is 30.3 Å². The molecular weight excluding hydrogens is 315 g/mol. The van der Waals surface area contributed by atoms with Crippen LogP contribution in [-0.4, -0.2) is 37.5 Å². The van der Waals surface area contributed by atoms with Gasteiger partial charge in [0.2, 0.25) is 0 Å². The Morgan fingerprint density at radius 2 is 1.86 bits per heavy atom. The number of ether oxygens (including phenoxy) is 2. The van der Waals surface area contributed by atoms with Gasteiger partial charge in [0.15, 0.2) is 11.5 Å². The van der Waals surface area contributed by atoms with Crippen LogP contribution in [0.2, 0.25) is 0 Å². The molecule has 0 fully saturated rings. The van der Waals surface area contributed by atoms with Gasteiger partial charge >= 0.3 is 0 Å². The SMILES string of the molecule is CCOC(CN=C(N)SC)OCC.I. The molecule has 0 atom stereocenters. The molecule has 86 valence electrons. The maximum Gasteiger partial charge on any atom is 0.176 e.